The predicted octanol–water partition coefficient (Wildman–Crippen LogP) is 3.36. The molecule has 3 heterocycles. The zero-order chi connectivity index (χ0) is 16.5. The average Bonchev–Trinajstić information content (AvgIpc) is 3.41. The van der Waals surface area contributed by atoms with Crippen LogP contribution in [-0.2, 0) is 6.54 Å². The molecule has 0 radical (unpaired) electrons. The number of rotatable bonds is 4. The summed E-state index contributed by atoms with van der Waals surface area (Å²) in [6.45, 7) is 4.79. The molecule has 3 aliphatic heterocycles. The lowest BCUT2D eigenvalue weighted by Gasteiger charge is -2.36. The van der Waals surface area contributed by atoms with Crippen LogP contribution >= 0.6 is 11.6 Å². The highest BCUT2D eigenvalue weighted by atomic mass is 35.5. The molecule has 1 aromatic rings. The minimum Gasteiger partial charge on any atom is -0.334 e. The number of urea groups is 1. The van der Waals surface area contributed by atoms with Gasteiger partial charge in [-0.15, -0.1) is 0 Å². The van der Waals surface area contributed by atoms with Gasteiger partial charge in [0.05, 0.1) is 0 Å². The van der Waals surface area contributed by atoms with E-state index in [0.717, 1.165) is 29.6 Å². The van der Waals surface area contributed by atoms with Crippen LogP contribution in [0.1, 0.15) is 31.2 Å². The standard InChI is InChI=1S/C19H26ClN3O/c20-17-6-3-14(4-7-17)9-21-19(24)23-12-16-5-8-18(13-23)22(11-16)10-15-1-2-15/h3-4,6-7,15-16,18H,1-2,5,8-13H2,(H,21,24)/t16-,18-/m1/s1. The van der Waals surface area contributed by atoms with Gasteiger partial charge in [-0.25, -0.2) is 4.79 Å². The molecule has 4 nitrogen and oxygen atoms in total. The fraction of sp³-hybridized carbons (Fsp3) is 0.632. The second-order valence-corrected chi connectivity index (χ2v) is 8.12. The summed E-state index contributed by atoms with van der Waals surface area (Å²) in [7, 11) is 0. The van der Waals surface area contributed by atoms with Crippen molar-refractivity contribution in [3.8, 4) is 0 Å². The molecule has 3 saturated heterocycles. The fourth-order valence-corrected chi connectivity index (χ4v) is 4.22. The summed E-state index contributed by atoms with van der Waals surface area (Å²) in [5.74, 6) is 1.57. The average molecular weight is 348 g/mol. The van der Waals surface area contributed by atoms with E-state index in [2.05, 4.69) is 10.2 Å². The number of piperidine rings is 1. The lowest BCUT2D eigenvalue weighted by molar-refractivity contribution is 0.126. The van der Waals surface area contributed by atoms with Crippen molar-refractivity contribution in [1.82, 2.24) is 15.1 Å². The van der Waals surface area contributed by atoms with Crippen molar-refractivity contribution < 1.29 is 4.79 Å². The molecule has 1 N–H and O–H groups in total. The molecule has 0 unspecified atom stereocenters. The van der Waals surface area contributed by atoms with Crippen molar-refractivity contribution in [2.75, 3.05) is 26.2 Å². The zero-order valence-electron chi connectivity index (χ0n) is 14.1. The summed E-state index contributed by atoms with van der Waals surface area (Å²) in [4.78, 5) is 17.3. The molecule has 1 aromatic carbocycles. The van der Waals surface area contributed by atoms with Crippen LogP contribution in [0.4, 0.5) is 4.79 Å². The first-order chi connectivity index (χ1) is 11.7. The molecule has 0 aromatic heterocycles. The van der Waals surface area contributed by atoms with Crippen LogP contribution in [0.5, 0.6) is 0 Å². The van der Waals surface area contributed by atoms with Gasteiger partial charge >= 0.3 is 6.03 Å². The highest BCUT2D eigenvalue weighted by Crippen LogP contribution is 2.34. The van der Waals surface area contributed by atoms with Crippen molar-refractivity contribution in [2.45, 2.75) is 38.3 Å². The van der Waals surface area contributed by atoms with Crippen LogP contribution < -0.4 is 5.32 Å². The van der Waals surface area contributed by atoms with E-state index in [0.29, 0.717) is 18.5 Å². The molecule has 130 valence electrons. The van der Waals surface area contributed by atoms with E-state index in [1.165, 1.54) is 38.8 Å². The van der Waals surface area contributed by atoms with Gasteiger partial charge in [-0.1, -0.05) is 23.7 Å². The Morgan fingerprint density at radius 2 is 1.88 bits per heavy atom. The van der Waals surface area contributed by atoms with Crippen molar-refractivity contribution in [3.05, 3.63) is 34.9 Å². The van der Waals surface area contributed by atoms with Crippen molar-refractivity contribution in [3.63, 3.8) is 0 Å². The Morgan fingerprint density at radius 3 is 2.62 bits per heavy atom. The van der Waals surface area contributed by atoms with E-state index >= 15 is 0 Å². The lowest BCUT2D eigenvalue weighted by atomic mass is 9.95. The number of halogens is 1. The minimum atomic E-state index is 0.0788. The zero-order valence-corrected chi connectivity index (χ0v) is 14.8. The van der Waals surface area contributed by atoms with Crippen LogP contribution in [0.3, 0.4) is 0 Å². The van der Waals surface area contributed by atoms with E-state index in [4.69, 9.17) is 11.6 Å². The summed E-state index contributed by atoms with van der Waals surface area (Å²) in [6, 6.07) is 8.30. The maximum absolute atomic E-state index is 12.6. The third kappa shape index (κ3) is 3.86. The lowest BCUT2D eigenvalue weighted by Crippen LogP contribution is -2.46. The van der Waals surface area contributed by atoms with Crippen LogP contribution in [0.15, 0.2) is 24.3 Å². The number of hydrogen-bond acceptors (Lipinski definition) is 2. The summed E-state index contributed by atoms with van der Waals surface area (Å²) in [5.41, 5.74) is 1.08. The molecular weight excluding hydrogens is 322 g/mol. The second-order valence-electron chi connectivity index (χ2n) is 7.68. The molecule has 4 aliphatic rings. The number of nitrogens with zero attached hydrogens (tertiary/aromatic N) is 2. The molecule has 2 atom stereocenters. The summed E-state index contributed by atoms with van der Waals surface area (Å²) < 4.78 is 0. The first-order valence-corrected chi connectivity index (χ1v) is 9.56. The molecule has 5 rings (SSSR count). The molecular formula is C19H26ClN3O. The Morgan fingerprint density at radius 1 is 1.08 bits per heavy atom. The van der Waals surface area contributed by atoms with Gasteiger partial charge in [-0.2, -0.15) is 0 Å². The molecule has 1 aliphatic carbocycles. The van der Waals surface area contributed by atoms with Gasteiger partial charge in [0.15, 0.2) is 0 Å². The number of carbonyl (C=O) groups is 1. The second kappa shape index (κ2) is 6.93. The SMILES string of the molecule is O=C(NCc1ccc(Cl)cc1)N1C[C@@H]2CC[C@H](C1)N(CC1CC1)C2. The Balaban J connectivity index is 1.33. The summed E-state index contributed by atoms with van der Waals surface area (Å²) >= 11 is 5.91. The molecule has 4 fully saturated rings. The molecule has 0 spiro atoms. The van der Waals surface area contributed by atoms with Crippen LogP contribution in [0.25, 0.3) is 0 Å². The molecule has 2 amide bonds. The predicted molar refractivity (Wildman–Crippen MR) is 96.1 cm³/mol. The summed E-state index contributed by atoms with van der Waals surface area (Å²) in [6.07, 6.45) is 5.32. The maximum Gasteiger partial charge on any atom is 0.317 e. The van der Waals surface area contributed by atoms with Crippen molar-refractivity contribution >= 4 is 17.6 Å². The van der Waals surface area contributed by atoms with Gasteiger partial charge in [0.25, 0.3) is 0 Å². The van der Waals surface area contributed by atoms with Crippen molar-refractivity contribution in [2.24, 2.45) is 11.8 Å². The van der Waals surface area contributed by atoms with E-state index in [9.17, 15) is 4.79 Å². The van der Waals surface area contributed by atoms with Crippen LogP contribution in [-0.4, -0.2) is 48.1 Å². The molecule has 24 heavy (non-hydrogen) atoms. The van der Waals surface area contributed by atoms with Gasteiger partial charge < -0.3 is 10.2 Å². The monoisotopic (exact) mass is 347 g/mol. The quantitative estimate of drug-likeness (QED) is 0.906. The highest BCUT2D eigenvalue weighted by Gasteiger charge is 2.38. The number of nitrogens with one attached hydrogen (secondary N) is 1. The van der Waals surface area contributed by atoms with Gasteiger partial charge in [-0.05, 0) is 55.2 Å². The molecule has 1 saturated carbocycles. The molecule has 2 bridgehead atoms. The van der Waals surface area contributed by atoms with E-state index in [1.54, 1.807) is 0 Å². The Kier molecular flexibility index (Phi) is 4.68. The van der Waals surface area contributed by atoms with Crippen LogP contribution in [0, 0.1) is 11.8 Å². The number of amides is 2. The smallest absolute Gasteiger partial charge is 0.317 e. The Labute approximate surface area is 149 Å². The highest BCUT2D eigenvalue weighted by molar-refractivity contribution is 6.30. The fourth-order valence-electron chi connectivity index (χ4n) is 4.09. The Bertz CT molecular complexity index is 587. The van der Waals surface area contributed by atoms with Crippen LogP contribution in [0.2, 0.25) is 5.02 Å². The van der Waals surface area contributed by atoms with Gasteiger partial charge in [0, 0.05) is 43.8 Å². The maximum atomic E-state index is 12.6. The number of carbonyl (C=O) groups excluding carboxylic acids is 1. The number of fused-ring (bicyclic) bond motifs is 4. The number of hydrogen-bond donors (Lipinski definition) is 1. The van der Waals surface area contributed by atoms with Gasteiger partial charge in [0.2, 0.25) is 0 Å². The third-order valence-corrected chi connectivity index (χ3v) is 5.91. The van der Waals surface area contributed by atoms with E-state index < -0.39 is 0 Å². The summed E-state index contributed by atoms with van der Waals surface area (Å²) in [5, 5.41) is 3.80. The normalized spacial score (nSPS) is 27.1. The molecule has 5 heteroatoms. The minimum absolute atomic E-state index is 0.0788. The topological polar surface area (TPSA) is 35.6 Å². The number of benzene rings is 1. The largest absolute Gasteiger partial charge is 0.334 e. The van der Waals surface area contributed by atoms with Gasteiger partial charge in [0.1, 0.15) is 0 Å². The van der Waals surface area contributed by atoms with Gasteiger partial charge in [-0.3, -0.25) is 4.90 Å². The van der Waals surface area contributed by atoms with E-state index in [-0.39, 0.29) is 6.03 Å². The first-order valence-electron chi connectivity index (χ1n) is 9.18. The third-order valence-electron chi connectivity index (χ3n) is 5.66. The van der Waals surface area contributed by atoms with Crippen molar-refractivity contribution in [1.29, 1.82) is 0 Å². The first kappa shape index (κ1) is 16.2. The van der Waals surface area contributed by atoms with E-state index in [1.807, 2.05) is 29.2 Å². The Hall–Kier alpha value is -1.26.